The van der Waals surface area contributed by atoms with Crippen LogP contribution in [0.3, 0.4) is 0 Å². The lowest BCUT2D eigenvalue weighted by molar-refractivity contribution is 0.311. The summed E-state index contributed by atoms with van der Waals surface area (Å²) in [6.07, 6.45) is 3.46. The lowest BCUT2D eigenvalue weighted by Crippen LogP contribution is -2.11. The number of aliphatic hydroxyl groups is 1. The van der Waals surface area contributed by atoms with Crippen molar-refractivity contribution in [2.75, 3.05) is 23.8 Å². The van der Waals surface area contributed by atoms with Gasteiger partial charge in [0.15, 0.2) is 0 Å². The first kappa shape index (κ1) is 17.3. The third-order valence-electron chi connectivity index (χ3n) is 3.48. The van der Waals surface area contributed by atoms with Crippen LogP contribution in [0.5, 0.6) is 0 Å². The number of hydrogen-bond donors (Lipinski definition) is 3. The van der Waals surface area contributed by atoms with E-state index in [0.29, 0.717) is 24.9 Å². The third-order valence-corrected chi connectivity index (χ3v) is 4.01. The van der Waals surface area contributed by atoms with Gasteiger partial charge in [-0.2, -0.15) is 4.98 Å². The zero-order valence-electron chi connectivity index (χ0n) is 13.5. The minimum Gasteiger partial charge on any atom is -0.395 e. The summed E-state index contributed by atoms with van der Waals surface area (Å²) in [5.41, 5.74) is 2.89. The summed E-state index contributed by atoms with van der Waals surface area (Å²) in [5, 5.41) is 15.4. The summed E-state index contributed by atoms with van der Waals surface area (Å²) in [6.45, 7) is 1.07. The largest absolute Gasteiger partial charge is 0.395 e. The Morgan fingerprint density at radius 3 is 2.44 bits per heavy atom. The van der Waals surface area contributed by atoms with Crippen molar-refractivity contribution in [3.63, 3.8) is 0 Å². The first-order valence-corrected chi connectivity index (χ1v) is 8.66. The first-order valence-electron chi connectivity index (χ1n) is 7.87. The molecule has 0 unspecified atom stereocenters. The molecule has 0 spiro atoms. The summed E-state index contributed by atoms with van der Waals surface area (Å²) in [6, 6.07) is 13.8. The van der Waals surface area contributed by atoms with Gasteiger partial charge in [0.1, 0.15) is 5.82 Å². The molecule has 0 saturated carbocycles. The highest BCUT2D eigenvalue weighted by Crippen LogP contribution is 2.21. The minimum absolute atomic E-state index is 0.0184. The topological polar surface area (TPSA) is 83.0 Å². The Morgan fingerprint density at radius 2 is 1.72 bits per heavy atom. The molecule has 0 atom stereocenters. The van der Waals surface area contributed by atoms with E-state index in [4.69, 9.17) is 5.11 Å². The van der Waals surface area contributed by atoms with E-state index in [-0.39, 0.29) is 6.61 Å². The summed E-state index contributed by atoms with van der Waals surface area (Å²) < 4.78 is 1.05. The van der Waals surface area contributed by atoms with Crippen LogP contribution < -0.4 is 10.6 Å². The number of anilines is 2. The Kier molecular flexibility index (Phi) is 5.92. The van der Waals surface area contributed by atoms with Crippen LogP contribution in [0.2, 0.25) is 0 Å². The van der Waals surface area contributed by atoms with Crippen molar-refractivity contribution in [1.29, 1.82) is 0 Å². The minimum atomic E-state index is 0.0184. The lowest BCUT2D eigenvalue weighted by atomic mass is 10.2. The molecule has 0 bridgehead atoms. The molecule has 7 heteroatoms. The Balaban J connectivity index is 1.82. The van der Waals surface area contributed by atoms with Gasteiger partial charge < -0.3 is 15.7 Å². The average molecular weight is 400 g/mol. The summed E-state index contributed by atoms with van der Waals surface area (Å²) in [4.78, 5) is 13.0. The Bertz CT molecular complexity index is 811. The van der Waals surface area contributed by atoms with Gasteiger partial charge in [-0.25, -0.2) is 4.98 Å². The van der Waals surface area contributed by atoms with E-state index in [0.717, 1.165) is 21.3 Å². The Hall–Kier alpha value is -2.51. The molecule has 3 rings (SSSR count). The van der Waals surface area contributed by atoms with Gasteiger partial charge in [0.05, 0.1) is 12.3 Å². The number of aromatic nitrogens is 3. The normalized spacial score (nSPS) is 10.5. The highest BCUT2D eigenvalue weighted by Gasteiger charge is 2.07. The van der Waals surface area contributed by atoms with Crippen molar-refractivity contribution in [3.8, 4) is 11.3 Å². The van der Waals surface area contributed by atoms with Crippen molar-refractivity contribution in [3.05, 3.63) is 64.9 Å². The second-order valence-electron chi connectivity index (χ2n) is 5.33. The van der Waals surface area contributed by atoms with E-state index in [1.807, 2.05) is 42.5 Å². The molecule has 0 radical (unpaired) electrons. The maximum absolute atomic E-state index is 9.01. The van der Waals surface area contributed by atoms with E-state index < -0.39 is 0 Å². The number of nitrogens with zero attached hydrogens (tertiary/aromatic N) is 3. The summed E-state index contributed by atoms with van der Waals surface area (Å²) in [7, 11) is 0. The standard InChI is InChI=1S/C18H18BrN5O/c19-15-3-1-13(2-4-15)12-22-17-11-16(14-5-7-20-8-6-14)23-18(24-17)21-9-10-25/h1-8,11,25H,9-10,12H2,(H2,21,22,23,24). The van der Waals surface area contributed by atoms with Gasteiger partial charge in [-0.15, -0.1) is 0 Å². The highest BCUT2D eigenvalue weighted by molar-refractivity contribution is 9.10. The molecule has 0 amide bonds. The monoisotopic (exact) mass is 399 g/mol. The number of halogens is 1. The van der Waals surface area contributed by atoms with Crippen molar-refractivity contribution >= 4 is 27.7 Å². The van der Waals surface area contributed by atoms with E-state index >= 15 is 0 Å². The van der Waals surface area contributed by atoms with E-state index in [1.165, 1.54) is 0 Å². The smallest absolute Gasteiger partial charge is 0.225 e. The zero-order valence-corrected chi connectivity index (χ0v) is 15.1. The lowest BCUT2D eigenvalue weighted by Gasteiger charge is -2.11. The van der Waals surface area contributed by atoms with E-state index in [2.05, 4.69) is 41.5 Å². The van der Waals surface area contributed by atoms with Gasteiger partial charge in [-0.1, -0.05) is 28.1 Å². The maximum atomic E-state index is 9.01. The molecule has 0 aliphatic rings. The predicted octanol–water partition coefficient (Wildman–Crippen LogP) is 3.32. The fourth-order valence-corrected chi connectivity index (χ4v) is 2.51. The molecule has 0 saturated heterocycles. The molecule has 128 valence electrons. The fraction of sp³-hybridized carbons (Fsp3) is 0.167. The van der Waals surface area contributed by atoms with Gasteiger partial charge in [0.2, 0.25) is 5.95 Å². The molecular formula is C18H18BrN5O. The van der Waals surface area contributed by atoms with Crippen molar-refractivity contribution in [2.24, 2.45) is 0 Å². The number of pyridine rings is 1. The van der Waals surface area contributed by atoms with Crippen molar-refractivity contribution in [1.82, 2.24) is 15.0 Å². The average Bonchev–Trinajstić information content (AvgIpc) is 2.66. The van der Waals surface area contributed by atoms with E-state index in [9.17, 15) is 0 Å². The molecule has 2 aromatic heterocycles. The van der Waals surface area contributed by atoms with Crippen LogP contribution in [-0.4, -0.2) is 33.2 Å². The van der Waals surface area contributed by atoms with Crippen molar-refractivity contribution < 1.29 is 5.11 Å². The van der Waals surface area contributed by atoms with Gasteiger partial charge in [-0.3, -0.25) is 4.98 Å². The van der Waals surface area contributed by atoms with Crippen LogP contribution >= 0.6 is 15.9 Å². The predicted molar refractivity (Wildman–Crippen MR) is 102 cm³/mol. The Morgan fingerprint density at radius 1 is 0.960 bits per heavy atom. The summed E-state index contributed by atoms with van der Waals surface area (Å²) >= 11 is 3.44. The first-order chi connectivity index (χ1) is 12.2. The van der Waals surface area contributed by atoms with Gasteiger partial charge in [0, 0.05) is 41.6 Å². The molecule has 0 aliphatic carbocycles. The highest BCUT2D eigenvalue weighted by atomic mass is 79.9. The second-order valence-corrected chi connectivity index (χ2v) is 6.24. The molecular weight excluding hydrogens is 382 g/mol. The number of aliphatic hydroxyl groups excluding tert-OH is 1. The Labute approximate surface area is 154 Å². The van der Waals surface area contributed by atoms with Crippen LogP contribution in [0.1, 0.15) is 5.56 Å². The van der Waals surface area contributed by atoms with Crippen molar-refractivity contribution in [2.45, 2.75) is 6.54 Å². The number of nitrogens with one attached hydrogen (secondary N) is 2. The number of benzene rings is 1. The fourth-order valence-electron chi connectivity index (χ4n) is 2.25. The van der Waals surface area contributed by atoms with E-state index in [1.54, 1.807) is 12.4 Å². The SMILES string of the molecule is OCCNc1nc(NCc2ccc(Br)cc2)cc(-c2ccncc2)n1. The van der Waals surface area contributed by atoms with Crippen LogP contribution in [0.4, 0.5) is 11.8 Å². The number of rotatable bonds is 7. The molecule has 0 fully saturated rings. The summed E-state index contributed by atoms with van der Waals surface area (Å²) in [5.74, 6) is 1.19. The molecule has 1 aromatic carbocycles. The molecule has 6 nitrogen and oxygen atoms in total. The van der Waals surface area contributed by atoms with Gasteiger partial charge in [-0.05, 0) is 29.8 Å². The molecule has 0 aliphatic heterocycles. The molecule has 3 aromatic rings. The van der Waals surface area contributed by atoms with Gasteiger partial charge >= 0.3 is 0 Å². The number of hydrogen-bond acceptors (Lipinski definition) is 6. The maximum Gasteiger partial charge on any atom is 0.225 e. The van der Waals surface area contributed by atoms with Crippen LogP contribution in [0.25, 0.3) is 11.3 Å². The molecule has 2 heterocycles. The van der Waals surface area contributed by atoms with Crippen LogP contribution in [0, 0.1) is 0 Å². The second kappa shape index (κ2) is 8.55. The molecule has 25 heavy (non-hydrogen) atoms. The third kappa shape index (κ3) is 4.98. The van der Waals surface area contributed by atoms with Crippen LogP contribution in [0.15, 0.2) is 59.3 Å². The molecule has 3 N–H and O–H groups in total. The van der Waals surface area contributed by atoms with Crippen LogP contribution in [-0.2, 0) is 6.54 Å². The van der Waals surface area contributed by atoms with Gasteiger partial charge in [0.25, 0.3) is 0 Å². The quantitative estimate of drug-likeness (QED) is 0.565. The zero-order chi connectivity index (χ0) is 17.5.